The molecule has 74 valence electrons. The third-order valence-electron chi connectivity index (χ3n) is 2.18. The molecule has 1 heterocycles. The zero-order valence-corrected chi connectivity index (χ0v) is 9.45. The fourth-order valence-electron chi connectivity index (χ4n) is 1.23. The van der Waals surface area contributed by atoms with E-state index in [0.717, 1.165) is 19.4 Å². The van der Waals surface area contributed by atoms with Crippen molar-refractivity contribution >= 4 is 11.3 Å². The maximum absolute atomic E-state index is 5.59. The second-order valence-electron chi connectivity index (χ2n) is 3.51. The molecular formula is C10H18N2S. The molecule has 1 rings (SSSR count). The maximum atomic E-state index is 5.59. The molecule has 0 aliphatic rings. The van der Waals surface area contributed by atoms with Crippen LogP contribution >= 0.6 is 11.3 Å². The van der Waals surface area contributed by atoms with Gasteiger partial charge >= 0.3 is 0 Å². The van der Waals surface area contributed by atoms with Crippen LogP contribution in [-0.2, 0) is 12.8 Å². The average molecular weight is 198 g/mol. The maximum Gasteiger partial charge on any atom is 0.0928 e. The van der Waals surface area contributed by atoms with Crippen LogP contribution in [-0.4, -0.2) is 11.5 Å². The van der Waals surface area contributed by atoms with Crippen LogP contribution in [0.2, 0.25) is 0 Å². The van der Waals surface area contributed by atoms with Crippen molar-refractivity contribution in [3.8, 4) is 0 Å². The summed E-state index contributed by atoms with van der Waals surface area (Å²) in [6, 6.07) is 0. The molecule has 0 aliphatic heterocycles. The summed E-state index contributed by atoms with van der Waals surface area (Å²) in [6.45, 7) is 7.19. The van der Waals surface area contributed by atoms with Crippen LogP contribution < -0.4 is 5.73 Å². The minimum atomic E-state index is 0.573. The topological polar surface area (TPSA) is 38.9 Å². The van der Waals surface area contributed by atoms with Gasteiger partial charge in [-0.05, 0) is 32.2 Å². The number of nitrogens with two attached hydrogens (primary N) is 1. The van der Waals surface area contributed by atoms with Crippen LogP contribution in [0.4, 0.5) is 0 Å². The van der Waals surface area contributed by atoms with Gasteiger partial charge in [0.2, 0.25) is 0 Å². The first-order chi connectivity index (χ1) is 6.17. The molecule has 0 saturated heterocycles. The molecule has 0 radical (unpaired) electrons. The Bertz CT molecular complexity index is 268. The Morgan fingerprint density at radius 3 is 2.69 bits per heavy atom. The lowest BCUT2D eigenvalue weighted by atomic mass is 10.1. The van der Waals surface area contributed by atoms with Crippen LogP contribution in [0.25, 0.3) is 0 Å². The van der Waals surface area contributed by atoms with E-state index in [1.807, 2.05) is 11.3 Å². The van der Waals surface area contributed by atoms with E-state index in [-0.39, 0.29) is 0 Å². The zero-order valence-electron chi connectivity index (χ0n) is 8.63. The molecule has 0 aromatic carbocycles. The quantitative estimate of drug-likeness (QED) is 0.805. The highest BCUT2D eigenvalue weighted by molar-refractivity contribution is 7.11. The number of aromatic nitrogens is 1. The smallest absolute Gasteiger partial charge is 0.0928 e. The number of rotatable bonds is 4. The monoisotopic (exact) mass is 198 g/mol. The van der Waals surface area contributed by atoms with Crippen molar-refractivity contribution in [3.05, 3.63) is 15.6 Å². The Hall–Kier alpha value is -0.410. The SMILES string of the molecule is CCc1nc(C)c(CC(C)CN)s1. The molecule has 2 nitrogen and oxygen atoms in total. The Morgan fingerprint density at radius 1 is 1.54 bits per heavy atom. The molecule has 0 spiro atoms. The van der Waals surface area contributed by atoms with Gasteiger partial charge in [0, 0.05) is 4.88 Å². The van der Waals surface area contributed by atoms with Crippen molar-refractivity contribution in [2.75, 3.05) is 6.54 Å². The molecular weight excluding hydrogens is 180 g/mol. The molecule has 13 heavy (non-hydrogen) atoms. The van der Waals surface area contributed by atoms with Gasteiger partial charge in [0.1, 0.15) is 0 Å². The first-order valence-electron chi connectivity index (χ1n) is 4.82. The lowest BCUT2D eigenvalue weighted by Crippen LogP contribution is -2.12. The summed E-state index contributed by atoms with van der Waals surface area (Å²) in [5, 5.41) is 1.25. The Labute approximate surface area is 84.2 Å². The van der Waals surface area contributed by atoms with Crippen LogP contribution in [0.1, 0.15) is 29.4 Å². The molecule has 0 amide bonds. The molecule has 1 aromatic rings. The lowest BCUT2D eigenvalue weighted by molar-refractivity contribution is 0.596. The fourth-order valence-corrected chi connectivity index (χ4v) is 2.40. The van der Waals surface area contributed by atoms with Crippen LogP contribution in [0.5, 0.6) is 0 Å². The minimum absolute atomic E-state index is 0.573. The number of hydrogen-bond donors (Lipinski definition) is 1. The summed E-state index contributed by atoms with van der Waals surface area (Å²) in [5.41, 5.74) is 6.79. The van der Waals surface area contributed by atoms with E-state index < -0.39 is 0 Å². The van der Waals surface area contributed by atoms with Gasteiger partial charge in [-0.25, -0.2) is 4.98 Å². The fraction of sp³-hybridized carbons (Fsp3) is 0.700. The number of aryl methyl sites for hydroxylation is 2. The minimum Gasteiger partial charge on any atom is -0.330 e. The van der Waals surface area contributed by atoms with E-state index in [2.05, 4.69) is 25.8 Å². The highest BCUT2D eigenvalue weighted by atomic mass is 32.1. The van der Waals surface area contributed by atoms with Crippen molar-refractivity contribution < 1.29 is 0 Å². The van der Waals surface area contributed by atoms with Gasteiger partial charge in [0.15, 0.2) is 0 Å². The van der Waals surface area contributed by atoms with Crippen molar-refractivity contribution in [2.45, 2.75) is 33.6 Å². The van der Waals surface area contributed by atoms with E-state index in [4.69, 9.17) is 5.73 Å². The third-order valence-corrected chi connectivity index (χ3v) is 3.50. The number of hydrogen-bond acceptors (Lipinski definition) is 3. The second-order valence-corrected chi connectivity index (χ2v) is 4.68. The molecule has 2 N–H and O–H groups in total. The summed E-state index contributed by atoms with van der Waals surface area (Å²) in [4.78, 5) is 5.91. The van der Waals surface area contributed by atoms with Gasteiger partial charge in [0.05, 0.1) is 10.7 Å². The van der Waals surface area contributed by atoms with Crippen LogP contribution in [0.15, 0.2) is 0 Å². The van der Waals surface area contributed by atoms with Crippen LogP contribution in [0.3, 0.4) is 0 Å². The van der Waals surface area contributed by atoms with Gasteiger partial charge in [-0.1, -0.05) is 13.8 Å². The summed E-state index contributed by atoms with van der Waals surface area (Å²) in [7, 11) is 0. The van der Waals surface area contributed by atoms with E-state index in [1.165, 1.54) is 15.6 Å². The first-order valence-corrected chi connectivity index (χ1v) is 5.64. The summed E-state index contributed by atoms with van der Waals surface area (Å²) in [6.07, 6.45) is 2.13. The summed E-state index contributed by atoms with van der Waals surface area (Å²) in [5.74, 6) is 0.573. The van der Waals surface area contributed by atoms with E-state index in [1.54, 1.807) is 0 Å². The molecule has 0 fully saturated rings. The van der Waals surface area contributed by atoms with Gasteiger partial charge in [-0.2, -0.15) is 0 Å². The van der Waals surface area contributed by atoms with Crippen LogP contribution in [0, 0.1) is 12.8 Å². The van der Waals surface area contributed by atoms with Gasteiger partial charge in [-0.15, -0.1) is 11.3 Å². The van der Waals surface area contributed by atoms with Gasteiger partial charge < -0.3 is 5.73 Å². The highest BCUT2D eigenvalue weighted by Crippen LogP contribution is 2.21. The molecule has 1 atom stereocenters. The molecule has 0 aliphatic carbocycles. The van der Waals surface area contributed by atoms with Crippen molar-refractivity contribution in [2.24, 2.45) is 11.7 Å². The number of nitrogens with zero attached hydrogens (tertiary/aromatic N) is 1. The molecule has 1 unspecified atom stereocenters. The largest absolute Gasteiger partial charge is 0.330 e. The Kier molecular flexibility index (Phi) is 3.88. The van der Waals surface area contributed by atoms with Crippen molar-refractivity contribution in [3.63, 3.8) is 0 Å². The second kappa shape index (κ2) is 4.72. The molecule has 0 bridgehead atoms. The average Bonchev–Trinajstić information content (AvgIpc) is 2.47. The Balaban J connectivity index is 2.70. The van der Waals surface area contributed by atoms with E-state index >= 15 is 0 Å². The summed E-state index contributed by atoms with van der Waals surface area (Å²) < 4.78 is 0. The van der Waals surface area contributed by atoms with Crippen molar-refractivity contribution in [1.29, 1.82) is 0 Å². The standard InChI is InChI=1S/C10H18N2S/c1-4-10-12-8(3)9(13-10)5-7(2)6-11/h7H,4-6,11H2,1-3H3. The predicted molar refractivity (Wildman–Crippen MR) is 58.2 cm³/mol. The molecule has 3 heteroatoms. The summed E-state index contributed by atoms with van der Waals surface area (Å²) >= 11 is 1.84. The number of thiazole rings is 1. The molecule has 1 aromatic heterocycles. The normalized spacial score (nSPS) is 13.2. The van der Waals surface area contributed by atoms with Crippen molar-refractivity contribution in [1.82, 2.24) is 4.98 Å². The first kappa shape index (κ1) is 10.7. The third kappa shape index (κ3) is 2.78. The predicted octanol–water partition coefficient (Wildman–Crippen LogP) is 2.15. The van der Waals surface area contributed by atoms with E-state index in [0.29, 0.717) is 5.92 Å². The highest BCUT2D eigenvalue weighted by Gasteiger charge is 2.09. The van der Waals surface area contributed by atoms with Gasteiger partial charge in [0.25, 0.3) is 0 Å². The lowest BCUT2D eigenvalue weighted by Gasteiger charge is -2.05. The van der Waals surface area contributed by atoms with Gasteiger partial charge in [-0.3, -0.25) is 0 Å². The molecule has 0 saturated carbocycles. The zero-order chi connectivity index (χ0) is 9.84. The van der Waals surface area contributed by atoms with E-state index in [9.17, 15) is 0 Å². The Morgan fingerprint density at radius 2 is 2.23 bits per heavy atom.